The van der Waals surface area contributed by atoms with Gasteiger partial charge in [-0.2, -0.15) is 0 Å². The van der Waals surface area contributed by atoms with Gasteiger partial charge in [0.2, 0.25) is 0 Å². The third kappa shape index (κ3) is 5.08. The number of thiophene rings is 1. The van der Waals surface area contributed by atoms with Crippen LogP contribution in [0.5, 0.6) is 11.5 Å². The van der Waals surface area contributed by atoms with Crippen molar-refractivity contribution in [2.45, 2.75) is 19.8 Å². The number of carbonyl (C=O) groups excluding carboxylic acids is 1. The smallest absolute Gasteiger partial charge is 0.177 e. The maximum atomic E-state index is 12.3. The van der Waals surface area contributed by atoms with Crippen molar-refractivity contribution in [1.82, 2.24) is 0 Å². The molecule has 2 rings (SSSR count). The van der Waals surface area contributed by atoms with Crippen LogP contribution in [0.1, 0.15) is 27.2 Å². The summed E-state index contributed by atoms with van der Waals surface area (Å²) in [6.07, 6.45) is 1.16. The molecular weight excluding hydrogens is 312 g/mol. The summed E-state index contributed by atoms with van der Waals surface area (Å²) in [4.78, 5) is 13.1. The predicted molar refractivity (Wildman–Crippen MR) is 92.1 cm³/mol. The highest BCUT2D eigenvalue weighted by molar-refractivity contribution is 7.12. The number of benzene rings is 1. The molecule has 0 unspecified atom stereocenters. The maximum Gasteiger partial charge on any atom is 0.177 e. The molecule has 0 aliphatic heterocycles. The zero-order chi connectivity index (χ0) is 16.7. The normalized spacial score (nSPS) is 10.6. The van der Waals surface area contributed by atoms with Gasteiger partial charge in [0, 0.05) is 26.6 Å². The Morgan fingerprint density at radius 3 is 2.61 bits per heavy atom. The van der Waals surface area contributed by atoms with Crippen LogP contribution in [-0.2, 0) is 11.2 Å². The Morgan fingerprint density at radius 2 is 1.96 bits per heavy atom. The van der Waals surface area contributed by atoms with Crippen LogP contribution in [0.2, 0.25) is 0 Å². The molecule has 0 N–H and O–H groups in total. The fraction of sp³-hybridized carbons (Fsp3) is 0.389. The van der Waals surface area contributed by atoms with Crippen molar-refractivity contribution in [3.8, 4) is 11.5 Å². The second-order valence-corrected chi connectivity index (χ2v) is 6.18. The fourth-order valence-corrected chi connectivity index (χ4v) is 3.02. The molecule has 0 spiro atoms. The lowest BCUT2D eigenvalue weighted by Gasteiger charge is -2.12. The van der Waals surface area contributed by atoms with E-state index >= 15 is 0 Å². The number of aryl methyl sites for hydroxylation is 1. The van der Waals surface area contributed by atoms with Crippen LogP contribution in [0.3, 0.4) is 0 Å². The van der Waals surface area contributed by atoms with Crippen molar-refractivity contribution in [2.24, 2.45) is 0 Å². The molecule has 1 aromatic heterocycles. The number of ether oxygens (including phenoxy) is 3. The van der Waals surface area contributed by atoms with Crippen molar-refractivity contribution >= 4 is 17.1 Å². The van der Waals surface area contributed by atoms with Crippen molar-refractivity contribution in [3.63, 3.8) is 0 Å². The largest absolute Gasteiger partial charge is 0.493 e. The number of hydrogen-bond acceptors (Lipinski definition) is 5. The van der Waals surface area contributed by atoms with Gasteiger partial charge in [0.1, 0.15) is 0 Å². The van der Waals surface area contributed by atoms with Gasteiger partial charge in [-0.25, -0.2) is 0 Å². The Balaban J connectivity index is 2.05. The van der Waals surface area contributed by atoms with Gasteiger partial charge >= 0.3 is 0 Å². The molecule has 2 aromatic rings. The van der Waals surface area contributed by atoms with Gasteiger partial charge in [-0.1, -0.05) is 6.07 Å². The first-order valence-corrected chi connectivity index (χ1v) is 8.39. The van der Waals surface area contributed by atoms with E-state index in [1.54, 1.807) is 14.2 Å². The highest BCUT2D eigenvalue weighted by Gasteiger charge is 2.12. The Bertz CT molecular complexity index is 648. The molecule has 1 heterocycles. The SMILES string of the molecule is COCCCOc1cc(CC(=O)c2cc(C)cs2)ccc1OC. The highest BCUT2D eigenvalue weighted by Crippen LogP contribution is 2.29. The van der Waals surface area contributed by atoms with Crippen LogP contribution >= 0.6 is 11.3 Å². The molecular formula is C18H22O4S. The molecule has 0 amide bonds. The molecule has 0 saturated carbocycles. The number of rotatable bonds is 9. The Morgan fingerprint density at radius 1 is 1.13 bits per heavy atom. The number of Topliss-reactive ketones (excluding diaryl/α,β-unsaturated/α-hetero) is 1. The summed E-state index contributed by atoms with van der Waals surface area (Å²) in [6.45, 7) is 3.19. The van der Waals surface area contributed by atoms with Crippen LogP contribution in [0.15, 0.2) is 29.6 Å². The first kappa shape index (κ1) is 17.5. The monoisotopic (exact) mass is 334 g/mol. The van der Waals surface area contributed by atoms with E-state index < -0.39 is 0 Å². The van der Waals surface area contributed by atoms with Crippen molar-refractivity contribution in [1.29, 1.82) is 0 Å². The molecule has 0 radical (unpaired) electrons. The fourth-order valence-electron chi connectivity index (χ4n) is 2.18. The van der Waals surface area contributed by atoms with Gasteiger partial charge in [0.05, 0.1) is 18.6 Å². The van der Waals surface area contributed by atoms with Gasteiger partial charge in [-0.05, 0) is 41.6 Å². The third-order valence-electron chi connectivity index (χ3n) is 3.35. The van der Waals surface area contributed by atoms with Gasteiger partial charge in [-0.15, -0.1) is 11.3 Å². The van der Waals surface area contributed by atoms with Crippen LogP contribution in [0.25, 0.3) is 0 Å². The number of ketones is 1. The topological polar surface area (TPSA) is 44.8 Å². The average molecular weight is 334 g/mol. The molecule has 0 bridgehead atoms. The standard InChI is InChI=1S/C18H22O4S/c1-13-9-18(23-12-13)15(19)10-14-5-6-16(21-3)17(11-14)22-8-4-7-20-2/h5-6,9,11-12H,4,7-8,10H2,1-3H3. The molecule has 0 saturated heterocycles. The Kier molecular flexibility index (Phi) is 6.62. The summed E-state index contributed by atoms with van der Waals surface area (Å²) in [7, 11) is 3.27. The Hall–Kier alpha value is -1.85. The first-order chi connectivity index (χ1) is 11.1. The van der Waals surface area contributed by atoms with Gasteiger partial charge in [0.25, 0.3) is 0 Å². The lowest BCUT2D eigenvalue weighted by Crippen LogP contribution is -2.05. The summed E-state index contributed by atoms with van der Waals surface area (Å²) < 4.78 is 16.1. The van der Waals surface area contributed by atoms with Crippen molar-refractivity contribution in [3.05, 3.63) is 45.6 Å². The second-order valence-electron chi connectivity index (χ2n) is 5.27. The summed E-state index contributed by atoms with van der Waals surface area (Å²) in [5, 5.41) is 1.99. The summed E-state index contributed by atoms with van der Waals surface area (Å²) in [6, 6.07) is 7.55. The van der Waals surface area contributed by atoms with Crippen LogP contribution < -0.4 is 9.47 Å². The highest BCUT2D eigenvalue weighted by atomic mass is 32.1. The van der Waals surface area contributed by atoms with Crippen LogP contribution in [0, 0.1) is 6.92 Å². The van der Waals surface area contributed by atoms with Gasteiger partial charge in [0.15, 0.2) is 17.3 Å². The minimum atomic E-state index is 0.124. The molecule has 0 aliphatic rings. The van der Waals surface area contributed by atoms with Gasteiger partial charge < -0.3 is 14.2 Å². The molecule has 0 aliphatic carbocycles. The van der Waals surface area contributed by atoms with Crippen LogP contribution in [-0.4, -0.2) is 33.2 Å². The van der Waals surface area contributed by atoms with E-state index in [4.69, 9.17) is 14.2 Å². The molecule has 0 atom stereocenters. The number of carbonyl (C=O) groups is 1. The van der Waals surface area contributed by atoms with Crippen molar-refractivity contribution < 1.29 is 19.0 Å². The summed E-state index contributed by atoms with van der Waals surface area (Å²) >= 11 is 1.49. The molecule has 23 heavy (non-hydrogen) atoms. The van der Waals surface area contributed by atoms with E-state index in [9.17, 15) is 4.79 Å². The molecule has 0 fully saturated rings. The lowest BCUT2D eigenvalue weighted by atomic mass is 10.1. The second kappa shape index (κ2) is 8.70. The third-order valence-corrected chi connectivity index (χ3v) is 4.44. The summed E-state index contributed by atoms with van der Waals surface area (Å²) in [5.41, 5.74) is 2.04. The summed E-state index contributed by atoms with van der Waals surface area (Å²) in [5.74, 6) is 1.46. The van der Waals surface area contributed by atoms with Crippen LogP contribution in [0.4, 0.5) is 0 Å². The minimum absolute atomic E-state index is 0.124. The van der Waals surface area contributed by atoms with E-state index in [0.717, 1.165) is 22.4 Å². The van der Waals surface area contributed by atoms with E-state index in [2.05, 4.69) is 0 Å². The lowest BCUT2D eigenvalue weighted by molar-refractivity contribution is 0.0996. The van der Waals surface area contributed by atoms with Gasteiger partial charge in [-0.3, -0.25) is 4.79 Å². The first-order valence-electron chi connectivity index (χ1n) is 7.51. The quantitative estimate of drug-likeness (QED) is 0.515. The van der Waals surface area contributed by atoms with E-state index in [-0.39, 0.29) is 5.78 Å². The number of methoxy groups -OCH3 is 2. The zero-order valence-electron chi connectivity index (χ0n) is 13.8. The van der Waals surface area contributed by atoms with Crippen molar-refractivity contribution in [2.75, 3.05) is 27.4 Å². The molecule has 1 aromatic carbocycles. The molecule has 4 nitrogen and oxygen atoms in total. The minimum Gasteiger partial charge on any atom is -0.493 e. The van der Waals surface area contributed by atoms with E-state index in [1.807, 2.05) is 36.6 Å². The van der Waals surface area contributed by atoms with E-state index in [0.29, 0.717) is 31.1 Å². The predicted octanol–water partition coefficient (Wildman–Crippen LogP) is 3.91. The average Bonchev–Trinajstić information content (AvgIpc) is 2.98. The molecule has 5 heteroatoms. The number of hydrogen-bond donors (Lipinski definition) is 0. The zero-order valence-corrected chi connectivity index (χ0v) is 14.6. The maximum absolute atomic E-state index is 12.3. The molecule has 124 valence electrons. The Labute approximate surface area is 141 Å². The van der Waals surface area contributed by atoms with E-state index in [1.165, 1.54) is 11.3 Å².